The minimum absolute atomic E-state index is 0.108. The molecule has 5 nitrogen and oxygen atoms in total. The van der Waals surface area contributed by atoms with E-state index in [0.29, 0.717) is 12.2 Å². The van der Waals surface area contributed by atoms with Crippen molar-refractivity contribution >= 4 is 11.8 Å². The fourth-order valence-electron chi connectivity index (χ4n) is 3.53. The van der Waals surface area contributed by atoms with Gasteiger partial charge in [0.15, 0.2) is 0 Å². The molecule has 1 aliphatic carbocycles. The molecule has 2 aromatic carbocycles. The van der Waals surface area contributed by atoms with Gasteiger partial charge in [-0.1, -0.05) is 37.6 Å². The van der Waals surface area contributed by atoms with E-state index in [2.05, 4.69) is 35.8 Å². The molecule has 2 atom stereocenters. The van der Waals surface area contributed by atoms with E-state index in [9.17, 15) is 9.59 Å². The van der Waals surface area contributed by atoms with Gasteiger partial charge in [-0.15, -0.1) is 0 Å². The molecule has 2 amide bonds. The van der Waals surface area contributed by atoms with Crippen molar-refractivity contribution in [3.63, 3.8) is 0 Å². The zero-order valence-electron chi connectivity index (χ0n) is 17.2. The largest absolute Gasteiger partial charge is 0.494 e. The minimum atomic E-state index is -0.597. The first-order valence-corrected chi connectivity index (χ1v) is 10.5. The van der Waals surface area contributed by atoms with Gasteiger partial charge in [0, 0.05) is 11.6 Å². The highest BCUT2D eigenvalue weighted by Crippen LogP contribution is 2.21. The average molecular weight is 395 g/mol. The number of fused-ring (bicyclic) bond motifs is 1. The fraction of sp³-hybridized carbons (Fsp3) is 0.417. The summed E-state index contributed by atoms with van der Waals surface area (Å²) in [5, 5.41) is 5.87. The number of unbranched alkanes of at least 4 members (excludes halogenated alkanes) is 1. The Morgan fingerprint density at radius 2 is 1.83 bits per heavy atom. The molecule has 29 heavy (non-hydrogen) atoms. The Balaban J connectivity index is 1.48. The van der Waals surface area contributed by atoms with Crippen LogP contribution in [0.5, 0.6) is 5.75 Å². The minimum Gasteiger partial charge on any atom is -0.494 e. The highest BCUT2D eigenvalue weighted by molar-refractivity contribution is 5.97. The molecule has 0 saturated carbocycles. The summed E-state index contributed by atoms with van der Waals surface area (Å²) in [7, 11) is 0. The quantitative estimate of drug-likeness (QED) is 0.672. The van der Waals surface area contributed by atoms with Crippen LogP contribution in [0.2, 0.25) is 0 Å². The van der Waals surface area contributed by atoms with Gasteiger partial charge >= 0.3 is 0 Å². The van der Waals surface area contributed by atoms with Gasteiger partial charge < -0.3 is 15.4 Å². The molecule has 0 radical (unpaired) electrons. The molecule has 0 spiro atoms. The standard InChI is InChI=1S/C24H30N2O3/c1-3-4-15-29-22-13-10-19(11-14-22)24(28)25-17(2)23(27)26-21-12-9-18-7-5-6-8-20(18)16-21/h5-8,10-11,13-14,17,21H,3-4,9,12,15-16H2,1-2H3,(H,25,28)(H,26,27). The second-order valence-corrected chi connectivity index (χ2v) is 7.64. The molecular weight excluding hydrogens is 364 g/mol. The normalized spacial score (nSPS) is 16.4. The van der Waals surface area contributed by atoms with Gasteiger partial charge in [-0.25, -0.2) is 0 Å². The third kappa shape index (κ3) is 5.83. The lowest BCUT2D eigenvalue weighted by Crippen LogP contribution is -2.49. The Kier molecular flexibility index (Phi) is 7.28. The maximum absolute atomic E-state index is 12.5. The first-order chi connectivity index (χ1) is 14.1. The lowest BCUT2D eigenvalue weighted by atomic mass is 9.88. The van der Waals surface area contributed by atoms with Gasteiger partial charge in [-0.2, -0.15) is 0 Å². The summed E-state index contributed by atoms with van der Waals surface area (Å²) >= 11 is 0. The van der Waals surface area contributed by atoms with Crippen molar-refractivity contribution in [1.29, 1.82) is 0 Å². The van der Waals surface area contributed by atoms with E-state index >= 15 is 0 Å². The molecule has 2 N–H and O–H groups in total. The number of rotatable bonds is 8. The molecule has 2 unspecified atom stereocenters. The Hall–Kier alpha value is -2.82. The zero-order chi connectivity index (χ0) is 20.6. The maximum atomic E-state index is 12.5. The molecule has 0 fully saturated rings. The van der Waals surface area contributed by atoms with Gasteiger partial charge in [-0.3, -0.25) is 9.59 Å². The van der Waals surface area contributed by atoms with E-state index in [4.69, 9.17) is 4.74 Å². The lowest BCUT2D eigenvalue weighted by molar-refractivity contribution is -0.123. The smallest absolute Gasteiger partial charge is 0.251 e. The molecule has 5 heteroatoms. The number of amides is 2. The third-order valence-corrected chi connectivity index (χ3v) is 5.32. The van der Waals surface area contributed by atoms with Crippen molar-refractivity contribution in [3.05, 3.63) is 65.2 Å². The predicted molar refractivity (Wildman–Crippen MR) is 114 cm³/mol. The number of ether oxygens (including phenoxy) is 1. The van der Waals surface area contributed by atoms with Crippen LogP contribution in [0.15, 0.2) is 48.5 Å². The van der Waals surface area contributed by atoms with Crippen LogP contribution in [0.1, 0.15) is 54.6 Å². The molecule has 1 aliphatic rings. The van der Waals surface area contributed by atoms with E-state index in [1.807, 2.05) is 6.07 Å². The summed E-state index contributed by atoms with van der Waals surface area (Å²) < 4.78 is 5.61. The first-order valence-electron chi connectivity index (χ1n) is 10.5. The van der Waals surface area contributed by atoms with Crippen molar-refractivity contribution in [2.75, 3.05) is 6.61 Å². The van der Waals surface area contributed by atoms with Crippen molar-refractivity contribution in [2.24, 2.45) is 0 Å². The van der Waals surface area contributed by atoms with Gasteiger partial charge in [-0.05, 0) is 68.0 Å². The van der Waals surface area contributed by atoms with Crippen molar-refractivity contribution in [3.8, 4) is 5.75 Å². The van der Waals surface area contributed by atoms with Crippen LogP contribution in [0, 0.1) is 0 Å². The molecule has 3 rings (SSSR count). The summed E-state index contributed by atoms with van der Waals surface area (Å²) in [5.74, 6) is 0.336. The van der Waals surface area contributed by atoms with Crippen LogP contribution < -0.4 is 15.4 Å². The van der Waals surface area contributed by atoms with Crippen molar-refractivity contribution < 1.29 is 14.3 Å². The Labute approximate surface area is 172 Å². The number of carbonyl (C=O) groups is 2. The van der Waals surface area contributed by atoms with Crippen LogP contribution in [-0.2, 0) is 17.6 Å². The van der Waals surface area contributed by atoms with Crippen LogP contribution in [-0.4, -0.2) is 30.5 Å². The summed E-state index contributed by atoms with van der Waals surface area (Å²) in [6.45, 7) is 4.50. The van der Waals surface area contributed by atoms with E-state index in [1.165, 1.54) is 11.1 Å². The molecule has 0 aliphatic heterocycles. The molecule has 0 heterocycles. The Morgan fingerprint density at radius 1 is 1.10 bits per heavy atom. The van der Waals surface area contributed by atoms with E-state index in [-0.39, 0.29) is 17.9 Å². The highest BCUT2D eigenvalue weighted by Gasteiger charge is 2.23. The number of aryl methyl sites for hydroxylation is 1. The monoisotopic (exact) mass is 394 g/mol. The molecule has 154 valence electrons. The van der Waals surface area contributed by atoms with Gasteiger partial charge in [0.1, 0.15) is 11.8 Å². The third-order valence-electron chi connectivity index (χ3n) is 5.32. The van der Waals surface area contributed by atoms with Gasteiger partial charge in [0.05, 0.1) is 6.61 Å². The number of benzene rings is 2. The molecule has 0 aromatic heterocycles. The second-order valence-electron chi connectivity index (χ2n) is 7.64. The average Bonchev–Trinajstić information content (AvgIpc) is 2.74. The number of hydrogen-bond acceptors (Lipinski definition) is 3. The number of nitrogens with one attached hydrogen (secondary N) is 2. The van der Waals surface area contributed by atoms with Gasteiger partial charge in [0.25, 0.3) is 5.91 Å². The van der Waals surface area contributed by atoms with Gasteiger partial charge in [0.2, 0.25) is 5.91 Å². The summed E-state index contributed by atoms with van der Waals surface area (Å²) in [4.78, 5) is 25.0. The van der Waals surface area contributed by atoms with E-state index in [1.54, 1.807) is 31.2 Å². The number of hydrogen-bond donors (Lipinski definition) is 2. The van der Waals surface area contributed by atoms with Crippen molar-refractivity contribution in [2.45, 2.75) is 58.0 Å². The van der Waals surface area contributed by atoms with E-state index in [0.717, 1.165) is 37.9 Å². The summed E-state index contributed by atoms with van der Waals surface area (Å²) in [6.07, 6.45) is 4.80. The maximum Gasteiger partial charge on any atom is 0.251 e. The van der Waals surface area contributed by atoms with E-state index < -0.39 is 6.04 Å². The SMILES string of the molecule is CCCCOc1ccc(C(=O)NC(C)C(=O)NC2CCc3ccccc3C2)cc1. The summed E-state index contributed by atoms with van der Waals surface area (Å²) in [6, 6.07) is 14.9. The zero-order valence-corrected chi connectivity index (χ0v) is 17.2. The highest BCUT2D eigenvalue weighted by atomic mass is 16.5. The second kappa shape index (κ2) is 10.1. The topological polar surface area (TPSA) is 67.4 Å². The molecule has 2 aromatic rings. The predicted octanol–water partition coefficient (Wildman–Crippen LogP) is 3.66. The van der Waals surface area contributed by atoms with Crippen molar-refractivity contribution in [1.82, 2.24) is 10.6 Å². The van der Waals surface area contributed by atoms with Crippen LogP contribution in [0.3, 0.4) is 0 Å². The lowest BCUT2D eigenvalue weighted by Gasteiger charge is -2.26. The van der Waals surface area contributed by atoms with Crippen LogP contribution in [0.4, 0.5) is 0 Å². The van der Waals surface area contributed by atoms with Crippen LogP contribution >= 0.6 is 0 Å². The Bertz CT molecular complexity index is 832. The fourth-order valence-corrected chi connectivity index (χ4v) is 3.53. The first kappa shape index (κ1) is 20.9. The molecular formula is C24H30N2O3. The molecule has 0 bridgehead atoms. The number of carbonyl (C=O) groups excluding carboxylic acids is 2. The van der Waals surface area contributed by atoms with Crippen LogP contribution in [0.25, 0.3) is 0 Å². The molecule has 0 saturated heterocycles. The summed E-state index contributed by atoms with van der Waals surface area (Å²) in [5.41, 5.74) is 3.17. The Morgan fingerprint density at radius 3 is 2.55 bits per heavy atom.